The number of halogens is 2. The summed E-state index contributed by atoms with van der Waals surface area (Å²) in [6, 6.07) is 18.3. The molecule has 2 N–H and O–H groups in total. The molecular weight excluding hydrogens is 317 g/mol. The van der Waals surface area contributed by atoms with E-state index >= 15 is 0 Å². The van der Waals surface area contributed by atoms with Gasteiger partial charge >= 0.3 is 0 Å². The van der Waals surface area contributed by atoms with Crippen molar-refractivity contribution in [2.24, 2.45) is 5.73 Å². The number of nitrogens with two attached hydrogens (primary N) is 1. The SMILES string of the molecule is NC(c1cccc(F)c1)c1ccc2cc(Br)ccc2c1. The topological polar surface area (TPSA) is 26.0 Å². The van der Waals surface area contributed by atoms with E-state index in [1.54, 1.807) is 6.07 Å². The zero-order chi connectivity index (χ0) is 14.1. The van der Waals surface area contributed by atoms with Crippen LogP contribution in [0.3, 0.4) is 0 Å². The molecule has 0 bridgehead atoms. The van der Waals surface area contributed by atoms with E-state index < -0.39 is 0 Å². The van der Waals surface area contributed by atoms with Crippen molar-refractivity contribution < 1.29 is 4.39 Å². The van der Waals surface area contributed by atoms with Crippen LogP contribution in [0.1, 0.15) is 17.2 Å². The van der Waals surface area contributed by atoms with E-state index in [1.807, 2.05) is 30.3 Å². The Morgan fingerprint density at radius 2 is 1.55 bits per heavy atom. The normalized spacial score (nSPS) is 12.6. The minimum Gasteiger partial charge on any atom is -0.320 e. The molecule has 1 nitrogen and oxygen atoms in total. The second-order valence-electron chi connectivity index (χ2n) is 4.78. The van der Waals surface area contributed by atoms with Gasteiger partial charge in [0, 0.05) is 4.47 Å². The Bertz CT molecular complexity index is 770. The van der Waals surface area contributed by atoms with Crippen LogP contribution in [0.2, 0.25) is 0 Å². The van der Waals surface area contributed by atoms with E-state index in [0.29, 0.717) is 0 Å². The van der Waals surface area contributed by atoms with Gasteiger partial charge in [0.25, 0.3) is 0 Å². The summed E-state index contributed by atoms with van der Waals surface area (Å²) in [6.07, 6.45) is 0. The summed E-state index contributed by atoms with van der Waals surface area (Å²) in [5.74, 6) is -0.261. The molecule has 20 heavy (non-hydrogen) atoms. The van der Waals surface area contributed by atoms with E-state index in [2.05, 4.69) is 28.1 Å². The van der Waals surface area contributed by atoms with Gasteiger partial charge in [0.2, 0.25) is 0 Å². The summed E-state index contributed by atoms with van der Waals surface area (Å²) in [7, 11) is 0. The highest BCUT2D eigenvalue weighted by molar-refractivity contribution is 9.10. The predicted molar refractivity (Wildman–Crippen MR) is 84.1 cm³/mol. The van der Waals surface area contributed by atoms with Gasteiger partial charge in [-0.05, 0) is 52.2 Å². The van der Waals surface area contributed by atoms with Crippen molar-refractivity contribution >= 4 is 26.7 Å². The molecule has 1 unspecified atom stereocenters. The molecule has 0 saturated carbocycles. The fraction of sp³-hybridized carbons (Fsp3) is 0.0588. The van der Waals surface area contributed by atoms with Crippen molar-refractivity contribution in [1.82, 2.24) is 0 Å². The van der Waals surface area contributed by atoms with Crippen molar-refractivity contribution in [2.45, 2.75) is 6.04 Å². The molecule has 3 aromatic carbocycles. The number of fused-ring (bicyclic) bond motifs is 1. The van der Waals surface area contributed by atoms with Gasteiger partial charge in [-0.1, -0.05) is 46.3 Å². The zero-order valence-corrected chi connectivity index (χ0v) is 12.3. The largest absolute Gasteiger partial charge is 0.320 e. The van der Waals surface area contributed by atoms with Gasteiger partial charge in [0.05, 0.1) is 6.04 Å². The molecule has 0 saturated heterocycles. The first-order valence-electron chi connectivity index (χ1n) is 6.34. The van der Waals surface area contributed by atoms with Crippen molar-refractivity contribution in [3.8, 4) is 0 Å². The molecule has 0 spiro atoms. The molecule has 0 amide bonds. The molecule has 3 rings (SSSR count). The maximum absolute atomic E-state index is 13.3. The van der Waals surface area contributed by atoms with Crippen LogP contribution >= 0.6 is 15.9 Å². The van der Waals surface area contributed by atoms with E-state index in [-0.39, 0.29) is 11.9 Å². The van der Waals surface area contributed by atoms with Crippen LogP contribution in [0.25, 0.3) is 10.8 Å². The summed E-state index contributed by atoms with van der Waals surface area (Å²) in [6.45, 7) is 0. The van der Waals surface area contributed by atoms with Crippen LogP contribution < -0.4 is 5.73 Å². The summed E-state index contributed by atoms with van der Waals surface area (Å²) in [4.78, 5) is 0. The highest BCUT2D eigenvalue weighted by atomic mass is 79.9. The molecule has 0 heterocycles. The highest BCUT2D eigenvalue weighted by Crippen LogP contribution is 2.26. The van der Waals surface area contributed by atoms with Crippen LogP contribution in [-0.2, 0) is 0 Å². The summed E-state index contributed by atoms with van der Waals surface area (Å²) >= 11 is 3.46. The third-order valence-corrected chi connectivity index (χ3v) is 3.89. The van der Waals surface area contributed by atoms with Crippen molar-refractivity contribution in [3.63, 3.8) is 0 Å². The molecular formula is C17H13BrFN. The summed E-state index contributed by atoms with van der Waals surface area (Å²) in [5.41, 5.74) is 7.99. The minimum absolute atomic E-state index is 0.261. The van der Waals surface area contributed by atoms with Gasteiger partial charge in [-0.25, -0.2) is 4.39 Å². The lowest BCUT2D eigenvalue weighted by Gasteiger charge is -2.13. The summed E-state index contributed by atoms with van der Waals surface area (Å²) < 4.78 is 14.3. The average Bonchev–Trinajstić information content (AvgIpc) is 2.46. The highest BCUT2D eigenvalue weighted by Gasteiger charge is 2.10. The Balaban J connectivity index is 2.03. The Hall–Kier alpha value is -1.71. The van der Waals surface area contributed by atoms with Crippen LogP contribution in [-0.4, -0.2) is 0 Å². The van der Waals surface area contributed by atoms with E-state index in [1.165, 1.54) is 12.1 Å². The molecule has 3 aromatic rings. The Kier molecular flexibility index (Phi) is 3.55. The fourth-order valence-electron chi connectivity index (χ4n) is 2.32. The number of hydrogen-bond donors (Lipinski definition) is 1. The van der Waals surface area contributed by atoms with E-state index in [9.17, 15) is 4.39 Å². The molecule has 3 heteroatoms. The smallest absolute Gasteiger partial charge is 0.123 e. The Morgan fingerprint density at radius 1 is 0.850 bits per heavy atom. The van der Waals surface area contributed by atoms with Gasteiger partial charge in [0.15, 0.2) is 0 Å². The molecule has 100 valence electrons. The number of benzene rings is 3. The molecule has 0 aliphatic rings. The van der Waals surface area contributed by atoms with Crippen molar-refractivity contribution in [1.29, 1.82) is 0 Å². The Morgan fingerprint density at radius 3 is 2.35 bits per heavy atom. The number of rotatable bonds is 2. The van der Waals surface area contributed by atoms with Gasteiger partial charge in [0.1, 0.15) is 5.82 Å². The second kappa shape index (κ2) is 5.35. The first-order chi connectivity index (χ1) is 9.63. The van der Waals surface area contributed by atoms with Crippen molar-refractivity contribution in [2.75, 3.05) is 0 Å². The third kappa shape index (κ3) is 2.60. The lowest BCUT2D eigenvalue weighted by molar-refractivity contribution is 0.623. The fourth-order valence-corrected chi connectivity index (χ4v) is 2.70. The standard InChI is InChI=1S/C17H13BrFN/c18-15-7-6-11-8-14(5-4-12(11)9-15)17(20)13-2-1-3-16(19)10-13/h1-10,17H,20H2. The quantitative estimate of drug-likeness (QED) is 0.718. The molecule has 0 aromatic heterocycles. The molecule has 0 radical (unpaired) electrons. The van der Waals surface area contributed by atoms with Gasteiger partial charge in [-0.15, -0.1) is 0 Å². The first-order valence-corrected chi connectivity index (χ1v) is 7.13. The van der Waals surface area contributed by atoms with E-state index in [0.717, 1.165) is 26.4 Å². The average molecular weight is 330 g/mol. The zero-order valence-electron chi connectivity index (χ0n) is 10.7. The van der Waals surface area contributed by atoms with Crippen LogP contribution in [0.4, 0.5) is 4.39 Å². The summed E-state index contributed by atoms with van der Waals surface area (Å²) in [5, 5.41) is 2.27. The Labute approximate surface area is 125 Å². The van der Waals surface area contributed by atoms with Crippen molar-refractivity contribution in [3.05, 3.63) is 82.1 Å². The van der Waals surface area contributed by atoms with Crippen LogP contribution in [0.5, 0.6) is 0 Å². The van der Waals surface area contributed by atoms with Crippen LogP contribution in [0, 0.1) is 5.82 Å². The maximum atomic E-state index is 13.3. The van der Waals surface area contributed by atoms with E-state index in [4.69, 9.17) is 5.73 Å². The minimum atomic E-state index is -0.321. The molecule has 1 atom stereocenters. The maximum Gasteiger partial charge on any atom is 0.123 e. The molecule has 0 aliphatic heterocycles. The van der Waals surface area contributed by atoms with Crippen LogP contribution in [0.15, 0.2) is 65.1 Å². The lowest BCUT2D eigenvalue weighted by Crippen LogP contribution is -2.11. The first kappa shape index (κ1) is 13.3. The molecule has 0 aliphatic carbocycles. The lowest BCUT2D eigenvalue weighted by atomic mass is 9.97. The third-order valence-electron chi connectivity index (χ3n) is 3.39. The van der Waals surface area contributed by atoms with Gasteiger partial charge in [-0.3, -0.25) is 0 Å². The molecule has 0 fully saturated rings. The number of hydrogen-bond acceptors (Lipinski definition) is 1. The van der Waals surface area contributed by atoms with Gasteiger partial charge in [-0.2, -0.15) is 0 Å². The predicted octanol–water partition coefficient (Wildman–Crippen LogP) is 4.79. The monoisotopic (exact) mass is 329 g/mol. The second-order valence-corrected chi connectivity index (χ2v) is 5.70. The van der Waals surface area contributed by atoms with Gasteiger partial charge < -0.3 is 5.73 Å².